The van der Waals surface area contributed by atoms with Crippen molar-refractivity contribution < 1.29 is 8.83 Å². The Hall–Kier alpha value is -7.82. The molecule has 0 amide bonds. The molecule has 0 aliphatic heterocycles. The van der Waals surface area contributed by atoms with Gasteiger partial charge in [0.1, 0.15) is 22.3 Å². The third kappa shape index (κ3) is 4.45. The fourth-order valence-corrected chi connectivity index (χ4v) is 9.49. The molecule has 0 fully saturated rings. The van der Waals surface area contributed by atoms with E-state index >= 15 is 0 Å². The van der Waals surface area contributed by atoms with Crippen LogP contribution in [0.15, 0.2) is 203 Å². The maximum atomic E-state index is 6.54. The summed E-state index contributed by atoms with van der Waals surface area (Å²) in [7, 11) is 0. The van der Waals surface area contributed by atoms with Crippen molar-refractivity contribution in [2.45, 2.75) is 0 Å². The van der Waals surface area contributed by atoms with Gasteiger partial charge < -0.3 is 18.0 Å². The smallest absolute Gasteiger partial charge is 0.147 e. The Morgan fingerprint density at radius 3 is 1.57 bits per heavy atom. The molecular formula is C54H32N2O2. The second-order valence-corrected chi connectivity index (χ2v) is 15.3. The lowest BCUT2D eigenvalue weighted by atomic mass is 10.0. The summed E-state index contributed by atoms with van der Waals surface area (Å²) in [6.07, 6.45) is 0. The Morgan fingerprint density at radius 1 is 0.276 bits per heavy atom. The van der Waals surface area contributed by atoms with Gasteiger partial charge in [0.25, 0.3) is 0 Å². The summed E-state index contributed by atoms with van der Waals surface area (Å²) in [5, 5.41) is 9.18. The topological polar surface area (TPSA) is 36.1 Å². The monoisotopic (exact) mass is 740 g/mol. The van der Waals surface area contributed by atoms with Crippen molar-refractivity contribution in [2.75, 3.05) is 0 Å². The second-order valence-electron chi connectivity index (χ2n) is 15.3. The van der Waals surface area contributed by atoms with Gasteiger partial charge in [-0.1, -0.05) is 109 Å². The van der Waals surface area contributed by atoms with Crippen LogP contribution in [0.4, 0.5) is 0 Å². The van der Waals surface area contributed by atoms with E-state index in [4.69, 9.17) is 8.83 Å². The first kappa shape index (κ1) is 31.4. The lowest BCUT2D eigenvalue weighted by molar-refractivity contribution is 0.662. The summed E-state index contributed by atoms with van der Waals surface area (Å²) in [5.41, 5.74) is 15.1. The van der Waals surface area contributed by atoms with Crippen molar-refractivity contribution in [2.24, 2.45) is 0 Å². The number of fused-ring (bicyclic) bond motifs is 13. The summed E-state index contributed by atoms with van der Waals surface area (Å²) >= 11 is 0. The molecular weight excluding hydrogens is 709 g/mol. The zero-order valence-electron chi connectivity index (χ0n) is 31.2. The first-order valence-electron chi connectivity index (χ1n) is 19.7. The molecule has 0 unspecified atom stereocenters. The number of furan rings is 2. The molecule has 270 valence electrons. The second kappa shape index (κ2) is 11.8. The van der Waals surface area contributed by atoms with Gasteiger partial charge >= 0.3 is 0 Å². The first-order valence-corrected chi connectivity index (χ1v) is 19.7. The lowest BCUT2D eigenvalue weighted by Gasteiger charge is -2.11. The number of benzene rings is 9. The van der Waals surface area contributed by atoms with Crippen molar-refractivity contribution in [1.82, 2.24) is 9.13 Å². The van der Waals surface area contributed by atoms with E-state index in [1.54, 1.807) is 0 Å². The Morgan fingerprint density at radius 2 is 0.845 bits per heavy atom. The van der Waals surface area contributed by atoms with Crippen LogP contribution in [0, 0.1) is 0 Å². The van der Waals surface area contributed by atoms with Crippen molar-refractivity contribution >= 4 is 87.5 Å². The van der Waals surface area contributed by atoms with E-state index in [0.717, 1.165) is 66.3 Å². The summed E-state index contributed by atoms with van der Waals surface area (Å²) in [4.78, 5) is 0. The van der Waals surface area contributed by atoms with E-state index in [0.29, 0.717) is 0 Å². The first-order chi connectivity index (χ1) is 28.7. The van der Waals surface area contributed by atoms with Gasteiger partial charge in [-0.15, -0.1) is 0 Å². The summed E-state index contributed by atoms with van der Waals surface area (Å²) in [6.45, 7) is 0. The van der Waals surface area contributed by atoms with Crippen LogP contribution in [-0.2, 0) is 0 Å². The molecule has 58 heavy (non-hydrogen) atoms. The number of rotatable bonds is 4. The van der Waals surface area contributed by atoms with E-state index in [9.17, 15) is 0 Å². The predicted molar refractivity (Wildman–Crippen MR) is 241 cm³/mol. The van der Waals surface area contributed by atoms with Crippen LogP contribution in [-0.4, -0.2) is 9.13 Å². The quantitative estimate of drug-likeness (QED) is 0.180. The fourth-order valence-electron chi connectivity index (χ4n) is 9.49. The number of hydrogen-bond donors (Lipinski definition) is 0. The molecule has 0 N–H and O–H groups in total. The highest BCUT2D eigenvalue weighted by Gasteiger charge is 2.19. The Balaban J connectivity index is 0.951. The molecule has 0 saturated heterocycles. The van der Waals surface area contributed by atoms with Gasteiger partial charge in [0.2, 0.25) is 0 Å². The van der Waals surface area contributed by atoms with E-state index in [2.05, 4.69) is 191 Å². The van der Waals surface area contributed by atoms with E-state index < -0.39 is 0 Å². The summed E-state index contributed by atoms with van der Waals surface area (Å²) in [5.74, 6) is 0. The van der Waals surface area contributed by atoms with E-state index in [1.165, 1.54) is 54.8 Å². The van der Waals surface area contributed by atoms with Crippen LogP contribution in [0.2, 0.25) is 0 Å². The lowest BCUT2D eigenvalue weighted by Crippen LogP contribution is -1.94. The normalized spacial score (nSPS) is 12.1. The van der Waals surface area contributed by atoms with Crippen molar-refractivity contribution in [3.8, 4) is 33.6 Å². The van der Waals surface area contributed by atoms with Gasteiger partial charge in [0, 0.05) is 55.1 Å². The molecule has 4 nitrogen and oxygen atoms in total. The highest BCUT2D eigenvalue weighted by molar-refractivity contribution is 6.22. The molecule has 13 rings (SSSR count). The average molecular weight is 741 g/mol. The molecule has 0 saturated carbocycles. The molecule has 0 bridgehead atoms. The van der Waals surface area contributed by atoms with Crippen molar-refractivity contribution in [3.05, 3.63) is 194 Å². The molecule has 0 atom stereocenters. The summed E-state index contributed by atoms with van der Waals surface area (Å²) < 4.78 is 17.7. The van der Waals surface area contributed by atoms with E-state index in [1.807, 2.05) is 12.1 Å². The minimum atomic E-state index is 0.825. The number of para-hydroxylation sites is 3. The third-order valence-electron chi connectivity index (χ3n) is 12.1. The molecule has 13 aromatic rings. The van der Waals surface area contributed by atoms with Crippen LogP contribution in [0.25, 0.3) is 121 Å². The van der Waals surface area contributed by atoms with Gasteiger partial charge in [-0.05, 0) is 101 Å². The maximum absolute atomic E-state index is 6.54. The predicted octanol–water partition coefficient (Wildman–Crippen LogP) is 15.0. The van der Waals surface area contributed by atoms with Gasteiger partial charge in [0.05, 0.1) is 27.5 Å². The maximum Gasteiger partial charge on any atom is 0.147 e. The average Bonchev–Trinajstić information content (AvgIpc) is 4.03. The minimum absolute atomic E-state index is 0.825. The SMILES string of the molecule is c1ccc(-c2cccc(-n3c4ccccc4c4cc(-c5ccc6c(c5)c5ccccc5n6-c5ccc6c(c5)oc5ccc7c8ccccc8oc7c56)ccc43)c2)cc1. The number of hydrogen-bond acceptors (Lipinski definition) is 2. The minimum Gasteiger partial charge on any atom is -0.456 e. The van der Waals surface area contributed by atoms with Crippen LogP contribution in [0.1, 0.15) is 0 Å². The van der Waals surface area contributed by atoms with Crippen LogP contribution in [0.5, 0.6) is 0 Å². The van der Waals surface area contributed by atoms with Gasteiger partial charge in [-0.25, -0.2) is 0 Å². The molecule has 0 radical (unpaired) electrons. The highest BCUT2D eigenvalue weighted by atomic mass is 16.3. The van der Waals surface area contributed by atoms with Crippen molar-refractivity contribution in [3.63, 3.8) is 0 Å². The zero-order valence-corrected chi connectivity index (χ0v) is 31.2. The molecule has 4 heterocycles. The van der Waals surface area contributed by atoms with Crippen molar-refractivity contribution in [1.29, 1.82) is 0 Å². The third-order valence-corrected chi connectivity index (χ3v) is 12.1. The van der Waals surface area contributed by atoms with Gasteiger partial charge in [0.15, 0.2) is 0 Å². The Kier molecular flexibility index (Phi) is 6.41. The molecule has 9 aromatic carbocycles. The molecule has 4 heteroatoms. The number of aromatic nitrogens is 2. The fraction of sp³-hybridized carbons (Fsp3) is 0. The van der Waals surface area contributed by atoms with Crippen LogP contribution >= 0.6 is 0 Å². The number of nitrogens with zero attached hydrogens (tertiary/aromatic N) is 2. The zero-order chi connectivity index (χ0) is 37.9. The van der Waals surface area contributed by atoms with Gasteiger partial charge in [-0.3, -0.25) is 0 Å². The Labute approximate surface area is 332 Å². The summed E-state index contributed by atoms with van der Waals surface area (Å²) in [6, 6.07) is 69.7. The molecule has 0 spiro atoms. The standard InChI is InChI=1S/C54H32N2O2/c1-2-11-33(12-3-1)34-13-10-14-37(29-34)55-46-18-7-4-15-39(46)44-30-35(21-26-48(44)55)36-22-27-49-45(31-36)40-16-5-8-19-47(40)56(49)38-23-24-43-52(32-38)57-51-28-25-42-41-17-6-9-20-50(41)58-54(42)53(43)51/h1-32H. The van der Waals surface area contributed by atoms with E-state index in [-0.39, 0.29) is 0 Å². The molecule has 4 aromatic heterocycles. The molecule has 0 aliphatic rings. The highest BCUT2D eigenvalue weighted by Crippen LogP contribution is 2.42. The largest absolute Gasteiger partial charge is 0.456 e. The van der Waals surface area contributed by atoms with Gasteiger partial charge in [-0.2, -0.15) is 0 Å². The Bertz CT molecular complexity index is 3800. The molecule has 0 aliphatic carbocycles. The van der Waals surface area contributed by atoms with Crippen LogP contribution < -0.4 is 0 Å². The van der Waals surface area contributed by atoms with Crippen LogP contribution in [0.3, 0.4) is 0 Å².